The Kier molecular flexibility index (Phi) is 27.7. The number of aliphatic carboxylic acids is 1. The van der Waals surface area contributed by atoms with E-state index in [0.29, 0.717) is 19.3 Å². The van der Waals surface area contributed by atoms with E-state index in [1.54, 1.807) is 19.1 Å². The molecular formula is C50H76N8O14S3. The third-order valence-electron chi connectivity index (χ3n) is 12.4. The predicted molar refractivity (Wildman–Crippen MR) is 284 cm³/mol. The van der Waals surface area contributed by atoms with Crippen molar-refractivity contribution in [3.8, 4) is 5.75 Å². The number of hydrogen-bond acceptors (Lipinski definition) is 18. The summed E-state index contributed by atoms with van der Waals surface area (Å²) in [7, 11) is 4.29. The van der Waals surface area contributed by atoms with Crippen LogP contribution in [0.5, 0.6) is 5.75 Å². The Hall–Kier alpha value is -5.66. The highest BCUT2D eigenvalue weighted by molar-refractivity contribution is 8.76. The molecule has 0 aliphatic carbocycles. The van der Waals surface area contributed by atoms with E-state index in [1.807, 2.05) is 46.6 Å². The van der Waals surface area contributed by atoms with Crippen LogP contribution in [0.1, 0.15) is 134 Å². The van der Waals surface area contributed by atoms with E-state index < -0.39 is 96.6 Å². The number of carbonyl (C=O) groups excluding carboxylic acids is 8. The molecule has 2 aromatic rings. The van der Waals surface area contributed by atoms with Gasteiger partial charge in [0.15, 0.2) is 12.8 Å². The lowest BCUT2D eigenvalue weighted by Crippen LogP contribution is -2.59. The molecule has 1 aromatic heterocycles. The van der Waals surface area contributed by atoms with Crippen molar-refractivity contribution in [3.05, 3.63) is 45.9 Å². The van der Waals surface area contributed by atoms with Gasteiger partial charge in [-0.2, -0.15) is 0 Å². The number of phenols is 1. The summed E-state index contributed by atoms with van der Waals surface area (Å²) in [5, 5.41) is 29.2. The van der Waals surface area contributed by atoms with Crippen molar-refractivity contribution < 1.29 is 67.6 Å². The summed E-state index contributed by atoms with van der Waals surface area (Å²) >= 11 is 1.06. The Labute approximate surface area is 451 Å². The lowest BCUT2D eigenvalue weighted by Gasteiger charge is -2.39. The smallest absolute Gasteiger partial charge is 0.426 e. The lowest BCUT2D eigenvalue weighted by molar-refractivity contribution is -0.160. The van der Waals surface area contributed by atoms with E-state index in [-0.39, 0.29) is 78.0 Å². The summed E-state index contributed by atoms with van der Waals surface area (Å²) in [4.78, 5) is 124. The molecule has 0 saturated carbocycles. The number of carboxylic acids is 1. The van der Waals surface area contributed by atoms with Crippen LogP contribution in [0.2, 0.25) is 0 Å². The van der Waals surface area contributed by atoms with Crippen LogP contribution >= 0.6 is 32.9 Å². The molecule has 6 amide bonds. The molecule has 1 aliphatic rings. The summed E-state index contributed by atoms with van der Waals surface area (Å²) in [6.07, 6.45) is 1.95. The number of hydrazine groups is 1. The van der Waals surface area contributed by atoms with Crippen LogP contribution < -0.4 is 26.8 Å². The molecule has 8 atom stereocenters. The van der Waals surface area contributed by atoms with E-state index in [0.717, 1.165) is 36.3 Å². The van der Waals surface area contributed by atoms with Gasteiger partial charge < -0.3 is 45.3 Å². The maximum Gasteiger partial charge on any atom is 0.426 e. The first-order valence-electron chi connectivity index (χ1n) is 25.2. The average Bonchev–Trinajstić information content (AvgIpc) is 3.86. The minimum atomic E-state index is -1.18. The molecule has 1 unspecified atom stereocenters. The molecule has 0 bridgehead atoms. The number of phenolic OH excluding ortho intramolecular Hbond substituents is 1. The maximum absolute atomic E-state index is 14.9. The highest BCUT2D eigenvalue weighted by Crippen LogP contribution is 2.32. The van der Waals surface area contributed by atoms with Crippen LogP contribution in [0, 0.1) is 17.8 Å². The van der Waals surface area contributed by atoms with Gasteiger partial charge >= 0.3 is 24.0 Å². The standard InChI is InChI=1S/C50H76N8O14S3/c1-10-14-42(62)71-28-58(48(66)43(30(5)11-2)54-46(65)39-15-12-13-20-57(39)9)40(29(3)4)25-41(72-33(8)60)47-53-37(26-73-47)45(64)52-35(24-34-16-18-36(61)19-17-34)23-31(6)44(63)55-56-50(69)70-21-22-74-75-27-38(49(67)68)51-32(7)59/h16-19,26,29-31,35,38-41,43,61H,10-15,20-25,27-28H2,1-9H3,(H,51,59)(H,52,64)(H,54,65)(H,55,63)(H,56,69)(H,67,68)/t30?,31-,35+,38-,39+,40+,41+,43-/m0/s1. The first kappa shape index (κ1) is 63.6. The Balaban J connectivity index is 1.80. The van der Waals surface area contributed by atoms with E-state index in [1.165, 1.54) is 57.8 Å². The number of nitrogens with one attached hydrogen (secondary N) is 5. The molecule has 2 heterocycles. The SMILES string of the molecule is CCCC(=O)OCN(C(=O)[C@@H](NC(=O)[C@H]1CCCCN1C)C(C)CC)[C@H](C[C@@H](OC(C)=O)c1nc(C(=O)N[C@@H](Cc2ccc(O)cc2)C[C@H](C)C(=O)NNC(=O)OCCSSC[C@H](NC(C)=O)C(=O)O)cs1)C(C)C. The number of carbonyl (C=O) groups is 9. The van der Waals surface area contributed by atoms with Gasteiger partial charge in [0, 0.05) is 61.6 Å². The minimum absolute atomic E-state index is 0.0127. The fourth-order valence-electron chi connectivity index (χ4n) is 8.11. The Bertz CT molecular complexity index is 2220. The Morgan fingerprint density at radius 3 is 2.24 bits per heavy atom. The highest BCUT2D eigenvalue weighted by atomic mass is 33.1. The van der Waals surface area contributed by atoms with Gasteiger partial charge in [0.05, 0.1) is 6.04 Å². The maximum atomic E-state index is 14.9. The van der Waals surface area contributed by atoms with Crippen LogP contribution in [0.4, 0.5) is 4.79 Å². The average molecular weight is 1110 g/mol. The van der Waals surface area contributed by atoms with Crippen molar-refractivity contribution in [1.29, 1.82) is 0 Å². The van der Waals surface area contributed by atoms with E-state index in [9.17, 15) is 53.4 Å². The molecule has 3 rings (SSSR count). The zero-order chi connectivity index (χ0) is 55.8. The molecule has 418 valence electrons. The van der Waals surface area contributed by atoms with Gasteiger partial charge in [-0.1, -0.05) is 88.1 Å². The molecule has 7 N–H and O–H groups in total. The van der Waals surface area contributed by atoms with Crippen molar-refractivity contribution in [2.45, 2.75) is 149 Å². The third kappa shape index (κ3) is 22.2. The van der Waals surface area contributed by atoms with Gasteiger partial charge in [0.1, 0.15) is 35.1 Å². The fourth-order valence-corrected chi connectivity index (χ4v) is 10.9. The largest absolute Gasteiger partial charge is 0.508 e. The monoisotopic (exact) mass is 1110 g/mol. The molecule has 1 saturated heterocycles. The zero-order valence-electron chi connectivity index (χ0n) is 44.3. The number of hydrogen-bond donors (Lipinski definition) is 7. The van der Waals surface area contributed by atoms with Gasteiger partial charge in [-0.05, 0) is 75.2 Å². The number of carboxylic acid groups (broad SMARTS) is 1. The van der Waals surface area contributed by atoms with Gasteiger partial charge in [0.25, 0.3) is 5.91 Å². The third-order valence-corrected chi connectivity index (χ3v) is 15.8. The van der Waals surface area contributed by atoms with E-state index in [4.69, 9.17) is 14.2 Å². The normalized spacial score (nSPS) is 16.4. The molecule has 0 radical (unpaired) electrons. The Morgan fingerprint density at radius 1 is 0.920 bits per heavy atom. The molecule has 0 spiro atoms. The first-order valence-corrected chi connectivity index (χ1v) is 28.6. The van der Waals surface area contributed by atoms with Crippen LogP contribution in [0.3, 0.4) is 0 Å². The summed E-state index contributed by atoms with van der Waals surface area (Å²) in [6.45, 7) is 13.7. The van der Waals surface area contributed by atoms with Crippen LogP contribution in [-0.4, -0.2) is 147 Å². The molecule has 1 aliphatic heterocycles. The summed E-state index contributed by atoms with van der Waals surface area (Å²) in [5.74, 6) is -5.75. The van der Waals surface area contributed by atoms with Crippen LogP contribution in [0.25, 0.3) is 0 Å². The minimum Gasteiger partial charge on any atom is -0.508 e. The number of nitrogens with zero attached hydrogens (tertiary/aromatic N) is 3. The Morgan fingerprint density at radius 2 is 1.63 bits per heavy atom. The summed E-state index contributed by atoms with van der Waals surface area (Å²) in [6, 6.07) is 2.44. The summed E-state index contributed by atoms with van der Waals surface area (Å²) < 4.78 is 16.6. The second-order valence-electron chi connectivity index (χ2n) is 18.9. The lowest BCUT2D eigenvalue weighted by atomic mass is 9.92. The van der Waals surface area contributed by atoms with Crippen molar-refractivity contribution in [2.75, 3.05) is 38.4 Å². The number of thiazole rings is 1. The first-order chi connectivity index (χ1) is 35.5. The van der Waals surface area contributed by atoms with Crippen molar-refractivity contribution >= 4 is 86.5 Å². The molecule has 1 fully saturated rings. The number of rotatable bonds is 30. The van der Waals surface area contributed by atoms with E-state index in [2.05, 4.69) is 31.8 Å². The number of piperidine rings is 1. The van der Waals surface area contributed by atoms with Crippen molar-refractivity contribution in [1.82, 2.24) is 41.6 Å². The van der Waals surface area contributed by atoms with Gasteiger partial charge in [-0.25, -0.2) is 20.0 Å². The highest BCUT2D eigenvalue weighted by Gasteiger charge is 2.39. The van der Waals surface area contributed by atoms with Crippen LogP contribution in [0.15, 0.2) is 29.6 Å². The molecular weight excluding hydrogens is 1030 g/mol. The number of aromatic nitrogens is 1. The van der Waals surface area contributed by atoms with Gasteiger partial charge in [0.2, 0.25) is 23.6 Å². The number of likely N-dealkylation sites (N-methyl/N-ethyl adjacent to an activating group) is 1. The number of benzene rings is 1. The molecule has 25 heteroatoms. The van der Waals surface area contributed by atoms with E-state index >= 15 is 0 Å². The number of aromatic hydroxyl groups is 1. The number of likely N-dealkylation sites (tertiary alicyclic amines) is 1. The van der Waals surface area contributed by atoms with Gasteiger partial charge in [-0.15, -0.1) is 11.3 Å². The number of ether oxygens (including phenoxy) is 3. The molecule has 75 heavy (non-hydrogen) atoms. The fraction of sp³-hybridized carbons (Fsp3) is 0.640. The topological polar surface area (TPSA) is 301 Å². The predicted octanol–water partition coefficient (Wildman–Crippen LogP) is 5.11. The number of esters is 2. The van der Waals surface area contributed by atoms with Gasteiger partial charge in [-0.3, -0.25) is 43.9 Å². The zero-order valence-corrected chi connectivity index (χ0v) is 46.8. The molecule has 22 nitrogen and oxygen atoms in total. The van der Waals surface area contributed by atoms with Crippen molar-refractivity contribution in [3.63, 3.8) is 0 Å². The quantitative estimate of drug-likeness (QED) is 0.0134. The molecule has 1 aromatic carbocycles. The second-order valence-corrected chi connectivity index (χ2v) is 22.4. The number of amides is 6. The van der Waals surface area contributed by atoms with Crippen molar-refractivity contribution in [2.24, 2.45) is 17.8 Å². The second kappa shape index (κ2) is 32.7. The summed E-state index contributed by atoms with van der Waals surface area (Å²) in [5.41, 5.74) is 5.21. The van der Waals surface area contributed by atoms with Crippen LogP contribution in [-0.2, 0) is 54.2 Å².